The van der Waals surface area contributed by atoms with E-state index in [0.717, 1.165) is 47.8 Å². The molecule has 3 fully saturated rings. The number of allylic oxidation sites excluding steroid dienone is 2. The van der Waals surface area contributed by atoms with E-state index < -0.39 is 0 Å². The summed E-state index contributed by atoms with van der Waals surface area (Å²) in [6.45, 7) is 13.2. The van der Waals surface area contributed by atoms with Crippen molar-refractivity contribution in [1.29, 1.82) is 0 Å². The first-order valence-corrected chi connectivity index (χ1v) is 15.6. The SMILES string of the molecule is CC(C)CCC[C@@H](C)[C@H]1CCC2C3CC=C4C[C@@H](CCCCCCO)CC[C@]4(C)C3CC[C@@]21C. The van der Waals surface area contributed by atoms with E-state index in [2.05, 4.69) is 40.7 Å². The lowest BCUT2D eigenvalue weighted by Crippen LogP contribution is -2.50. The minimum Gasteiger partial charge on any atom is -0.396 e. The average Bonchev–Trinajstić information content (AvgIpc) is 3.16. The summed E-state index contributed by atoms with van der Waals surface area (Å²) >= 11 is 0. The van der Waals surface area contributed by atoms with Crippen LogP contribution in [0.5, 0.6) is 0 Å². The quantitative estimate of drug-likeness (QED) is 0.235. The molecule has 196 valence electrons. The highest BCUT2D eigenvalue weighted by Crippen LogP contribution is 2.67. The van der Waals surface area contributed by atoms with Crippen molar-refractivity contribution >= 4 is 0 Å². The number of hydrogen-bond donors (Lipinski definition) is 1. The van der Waals surface area contributed by atoms with E-state index >= 15 is 0 Å². The van der Waals surface area contributed by atoms with E-state index in [4.69, 9.17) is 5.11 Å². The van der Waals surface area contributed by atoms with Crippen LogP contribution >= 0.6 is 0 Å². The molecule has 0 aromatic carbocycles. The Balaban J connectivity index is 1.37. The molecule has 1 N–H and O–H groups in total. The van der Waals surface area contributed by atoms with E-state index in [-0.39, 0.29) is 0 Å². The Morgan fingerprint density at radius 3 is 2.44 bits per heavy atom. The zero-order valence-electron chi connectivity index (χ0n) is 23.6. The molecule has 3 unspecified atom stereocenters. The monoisotopic (exact) mass is 470 g/mol. The Hall–Kier alpha value is -0.300. The van der Waals surface area contributed by atoms with Crippen LogP contribution in [0, 0.1) is 52.3 Å². The minimum atomic E-state index is 0.370. The molecule has 4 aliphatic carbocycles. The molecule has 0 bridgehead atoms. The zero-order valence-corrected chi connectivity index (χ0v) is 23.6. The summed E-state index contributed by atoms with van der Waals surface area (Å²) < 4.78 is 0. The van der Waals surface area contributed by atoms with Crippen LogP contribution in [-0.4, -0.2) is 11.7 Å². The first-order valence-electron chi connectivity index (χ1n) is 15.6. The third kappa shape index (κ3) is 5.35. The van der Waals surface area contributed by atoms with Gasteiger partial charge in [-0.2, -0.15) is 0 Å². The number of hydrogen-bond acceptors (Lipinski definition) is 1. The molecular formula is C33H58O. The summed E-state index contributed by atoms with van der Waals surface area (Å²) in [5.74, 6) is 6.61. The Labute approximate surface area is 212 Å². The number of aliphatic hydroxyl groups is 1. The summed E-state index contributed by atoms with van der Waals surface area (Å²) in [6.07, 6.45) is 25.2. The van der Waals surface area contributed by atoms with Gasteiger partial charge in [-0.15, -0.1) is 0 Å². The Bertz CT molecular complexity index is 678. The van der Waals surface area contributed by atoms with Crippen molar-refractivity contribution in [3.63, 3.8) is 0 Å². The van der Waals surface area contributed by atoms with Crippen molar-refractivity contribution in [3.8, 4) is 0 Å². The zero-order chi connectivity index (χ0) is 24.3. The van der Waals surface area contributed by atoms with E-state index in [1.165, 1.54) is 96.3 Å². The van der Waals surface area contributed by atoms with Crippen LogP contribution in [0.1, 0.15) is 137 Å². The normalized spacial score (nSPS) is 40.4. The lowest BCUT2D eigenvalue weighted by atomic mass is 9.46. The standard InChI is InChI=1S/C33H58O/c1-24(2)11-10-12-25(3)29-16-17-30-28-15-14-27-23-26(13-8-6-7-9-22-34)18-20-32(27,4)31(28)19-21-33(29,30)5/h14,24-26,28-31,34H,6-13,15-23H2,1-5H3/t25-,26+,28?,29-,30?,31?,32+,33-/m1/s1. The maximum absolute atomic E-state index is 9.03. The Morgan fingerprint density at radius 2 is 1.68 bits per heavy atom. The highest BCUT2D eigenvalue weighted by Gasteiger charge is 2.59. The minimum absolute atomic E-state index is 0.370. The lowest BCUT2D eigenvalue weighted by Gasteiger charge is -2.58. The smallest absolute Gasteiger partial charge is 0.0431 e. The molecule has 0 amide bonds. The molecule has 3 saturated carbocycles. The van der Waals surface area contributed by atoms with Crippen LogP contribution in [0.25, 0.3) is 0 Å². The van der Waals surface area contributed by atoms with Crippen LogP contribution in [0.15, 0.2) is 11.6 Å². The Morgan fingerprint density at radius 1 is 0.882 bits per heavy atom. The molecule has 0 aromatic rings. The summed E-state index contributed by atoms with van der Waals surface area (Å²) in [7, 11) is 0. The Kier molecular flexibility index (Phi) is 8.97. The lowest BCUT2D eigenvalue weighted by molar-refractivity contribution is -0.0529. The van der Waals surface area contributed by atoms with E-state index in [0.29, 0.717) is 17.4 Å². The molecule has 34 heavy (non-hydrogen) atoms. The maximum Gasteiger partial charge on any atom is 0.0431 e. The van der Waals surface area contributed by atoms with Gasteiger partial charge in [0.1, 0.15) is 0 Å². The fourth-order valence-corrected chi connectivity index (χ4v) is 9.91. The van der Waals surface area contributed by atoms with Crippen LogP contribution in [-0.2, 0) is 0 Å². The average molecular weight is 471 g/mol. The molecule has 0 aliphatic heterocycles. The van der Waals surface area contributed by atoms with Crippen molar-refractivity contribution in [2.24, 2.45) is 52.3 Å². The summed E-state index contributed by atoms with van der Waals surface area (Å²) in [6, 6.07) is 0. The maximum atomic E-state index is 9.03. The number of unbranched alkanes of at least 4 members (excludes halogenated alkanes) is 3. The van der Waals surface area contributed by atoms with Gasteiger partial charge < -0.3 is 5.11 Å². The van der Waals surface area contributed by atoms with Crippen LogP contribution in [0.4, 0.5) is 0 Å². The number of aliphatic hydroxyl groups excluding tert-OH is 1. The van der Waals surface area contributed by atoms with Crippen LogP contribution < -0.4 is 0 Å². The number of fused-ring (bicyclic) bond motifs is 5. The third-order valence-corrected chi connectivity index (χ3v) is 11.9. The molecular weight excluding hydrogens is 412 g/mol. The van der Waals surface area contributed by atoms with Gasteiger partial charge in [0.25, 0.3) is 0 Å². The molecule has 0 radical (unpaired) electrons. The second-order valence-electron chi connectivity index (χ2n) is 14.3. The van der Waals surface area contributed by atoms with Gasteiger partial charge >= 0.3 is 0 Å². The van der Waals surface area contributed by atoms with Gasteiger partial charge in [-0.1, -0.05) is 91.2 Å². The van der Waals surface area contributed by atoms with Gasteiger partial charge in [-0.3, -0.25) is 0 Å². The van der Waals surface area contributed by atoms with E-state index in [9.17, 15) is 0 Å². The highest BCUT2D eigenvalue weighted by molar-refractivity contribution is 5.25. The molecule has 1 nitrogen and oxygen atoms in total. The topological polar surface area (TPSA) is 20.2 Å². The van der Waals surface area contributed by atoms with Crippen LogP contribution in [0.3, 0.4) is 0 Å². The van der Waals surface area contributed by atoms with Gasteiger partial charge in [-0.05, 0) is 110 Å². The molecule has 1 heteroatoms. The van der Waals surface area contributed by atoms with Crippen molar-refractivity contribution in [3.05, 3.63) is 11.6 Å². The van der Waals surface area contributed by atoms with Gasteiger partial charge in [-0.25, -0.2) is 0 Å². The largest absolute Gasteiger partial charge is 0.396 e. The van der Waals surface area contributed by atoms with Gasteiger partial charge in [0.05, 0.1) is 0 Å². The fraction of sp³-hybridized carbons (Fsp3) is 0.939. The van der Waals surface area contributed by atoms with E-state index in [1.54, 1.807) is 0 Å². The second kappa shape index (κ2) is 11.4. The van der Waals surface area contributed by atoms with Crippen molar-refractivity contribution < 1.29 is 5.11 Å². The predicted octanol–water partition coefficient (Wildman–Crippen LogP) is 9.59. The molecule has 0 spiro atoms. The predicted molar refractivity (Wildman–Crippen MR) is 147 cm³/mol. The van der Waals surface area contributed by atoms with Crippen molar-refractivity contribution in [1.82, 2.24) is 0 Å². The second-order valence-corrected chi connectivity index (χ2v) is 14.3. The van der Waals surface area contributed by atoms with Gasteiger partial charge in [0.15, 0.2) is 0 Å². The fourth-order valence-electron chi connectivity index (χ4n) is 9.91. The molecule has 0 aromatic heterocycles. The molecule has 4 rings (SSSR count). The first kappa shape index (κ1) is 26.8. The first-order chi connectivity index (χ1) is 16.3. The number of rotatable bonds is 11. The summed E-state index contributed by atoms with van der Waals surface area (Å²) in [5.41, 5.74) is 3.00. The van der Waals surface area contributed by atoms with E-state index in [1.807, 2.05) is 5.57 Å². The molecule has 8 atom stereocenters. The molecule has 4 aliphatic rings. The molecule has 0 heterocycles. The van der Waals surface area contributed by atoms with Gasteiger partial charge in [0, 0.05) is 6.61 Å². The highest BCUT2D eigenvalue weighted by atomic mass is 16.2. The summed E-state index contributed by atoms with van der Waals surface area (Å²) in [5, 5.41) is 9.03. The summed E-state index contributed by atoms with van der Waals surface area (Å²) in [4.78, 5) is 0. The van der Waals surface area contributed by atoms with Gasteiger partial charge in [0.2, 0.25) is 0 Å². The van der Waals surface area contributed by atoms with Crippen molar-refractivity contribution in [2.45, 2.75) is 137 Å². The van der Waals surface area contributed by atoms with Crippen molar-refractivity contribution in [2.75, 3.05) is 6.61 Å². The molecule has 0 saturated heterocycles. The third-order valence-electron chi connectivity index (χ3n) is 11.9. The van der Waals surface area contributed by atoms with Crippen LogP contribution in [0.2, 0.25) is 0 Å².